The lowest BCUT2D eigenvalue weighted by Gasteiger charge is -2.30. The molecule has 2 aromatic heterocycles. The normalized spacial score (nSPS) is 18.2. The van der Waals surface area contributed by atoms with Crippen molar-refractivity contribution in [1.82, 2.24) is 14.8 Å². The van der Waals surface area contributed by atoms with Crippen molar-refractivity contribution in [2.24, 2.45) is 0 Å². The zero-order valence-corrected chi connectivity index (χ0v) is 18.9. The minimum absolute atomic E-state index is 0.434. The van der Waals surface area contributed by atoms with Crippen LogP contribution in [-0.4, -0.2) is 40.9 Å². The van der Waals surface area contributed by atoms with E-state index >= 15 is 0 Å². The number of aromatic nitrogens is 3. The van der Waals surface area contributed by atoms with E-state index in [4.69, 9.17) is 25.8 Å². The van der Waals surface area contributed by atoms with E-state index in [1.165, 1.54) is 0 Å². The lowest BCUT2D eigenvalue weighted by Crippen LogP contribution is -2.31. The Labute approximate surface area is 187 Å². The van der Waals surface area contributed by atoms with Gasteiger partial charge < -0.3 is 14.2 Å². The maximum Gasteiger partial charge on any atom is 0.172 e. The molecule has 3 aromatic rings. The van der Waals surface area contributed by atoms with Gasteiger partial charge in [-0.2, -0.15) is 5.10 Å². The summed E-state index contributed by atoms with van der Waals surface area (Å²) in [6, 6.07) is 7.97. The number of methoxy groups -OCH3 is 1. The molecule has 0 atom stereocenters. The standard InChI is InChI=1S/C22H21BrClN3O3/c1-28-16-4-2-14(3-5-16)13-27-20-17(12-25-27)19(26-21(24)18(20)23)15-6-8-22(9-7-15)29-10-11-30-22/h2-6,12H,7-11,13H2,1H3. The fraction of sp³-hybridized carbons (Fsp3) is 0.364. The van der Waals surface area contributed by atoms with Gasteiger partial charge in [0.1, 0.15) is 10.9 Å². The van der Waals surface area contributed by atoms with Crippen LogP contribution in [0.5, 0.6) is 5.75 Å². The van der Waals surface area contributed by atoms with E-state index in [0.29, 0.717) is 24.9 Å². The van der Waals surface area contributed by atoms with Crippen LogP contribution in [0, 0.1) is 0 Å². The Morgan fingerprint density at radius 3 is 2.67 bits per heavy atom. The molecule has 156 valence electrons. The Morgan fingerprint density at radius 1 is 1.23 bits per heavy atom. The molecule has 0 radical (unpaired) electrons. The van der Waals surface area contributed by atoms with Crippen LogP contribution in [0.2, 0.25) is 5.15 Å². The van der Waals surface area contributed by atoms with Gasteiger partial charge in [0.15, 0.2) is 5.79 Å². The van der Waals surface area contributed by atoms with Crippen LogP contribution in [0.25, 0.3) is 16.5 Å². The molecule has 1 aromatic carbocycles. The molecule has 3 heterocycles. The molecule has 0 unspecified atom stereocenters. The van der Waals surface area contributed by atoms with Crippen molar-refractivity contribution in [3.05, 3.63) is 57.4 Å². The molecule has 6 nitrogen and oxygen atoms in total. The van der Waals surface area contributed by atoms with Crippen molar-refractivity contribution in [1.29, 1.82) is 0 Å². The molecule has 8 heteroatoms. The summed E-state index contributed by atoms with van der Waals surface area (Å²) in [5, 5.41) is 6.06. The second kappa shape index (κ2) is 7.96. The SMILES string of the molecule is COc1ccc(Cn2ncc3c(C4=CCC5(CC4)OCCO5)nc(Cl)c(Br)c32)cc1. The fourth-order valence-electron chi connectivity index (χ4n) is 4.15. The van der Waals surface area contributed by atoms with Gasteiger partial charge in [-0.1, -0.05) is 29.8 Å². The van der Waals surface area contributed by atoms with E-state index < -0.39 is 5.79 Å². The summed E-state index contributed by atoms with van der Waals surface area (Å²) in [5.41, 5.74) is 4.10. The summed E-state index contributed by atoms with van der Waals surface area (Å²) in [6.07, 6.45) is 6.40. The van der Waals surface area contributed by atoms with E-state index in [1.54, 1.807) is 7.11 Å². The van der Waals surface area contributed by atoms with E-state index in [2.05, 4.69) is 32.1 Å². The van der Waals surface area contributed by atoms with Gasteiger partial charge in [-0.15, -0.1) is 0 Å². The Hall–Kier alpha value is -1.93. The van der Waals surface area contributed by atoms with Crippen LogP contribution in [0.1, 0.15) is 30.5 Å². The highest BCUT2D eigenvalue weighted by molar-refractivity contribution is 9.10. The molecule has 5 rings (SSSR count). The van der Waals surface area contributed by atoms with E-state index in [1.807, 2.05) is 35.1 Å². The van der Waals surface area contributed by atoms with Crippen molar-refractivity contribution in [3.8, 4) is 5.75 Å². The highest BCUT2D eigenvalue weighted by Crippen LogP contribution is 2.41. The quantitative estimate of drug-likeness (QED) is 0.470. The number of fused-ring (bicyclic) bond motifs is 1. The molecule has 0 saturated carbocycles. The summed E-state index contributed by atoms with van der Waals surface area (Å²) in [5.74, 6) is 0.373. The number of rotatable bonds is 4. The van der Waals surface area contributed by atoms with Crippen LogP contribution in [0.4, 0.5) is 0 Å². The van der Waals surface area contributed by atoms with Crippen molar-refractivity contribution < 1.29 is 14.2 Å². The highest BCUT2D eigenvalue weighted by Gasteiger charge is 2.38. The number of halogens is 2. The third-order valence-corrected chi connectivity index (χ3v) is 6.99. The molecular weight excluding hydrogens is 470 g/mol. The van der Waals surface area contributed by atoms with Crippen molar-refractivity contribution in [2.45, 2.75) is 31.6 Å². The summed E-state index contributed by atoms with van der Waals surface area (Å²) in [6.45, 7) is 1.94. The van der Waals surface area contributed by atoms with Crippen molar-refractivity contribution in [3.63, 3.8) is 0 Å². The van der Waals surface area contributed by atoms with Crippen LogP contribution in [0.3, 0.4) is 0 Å². The third kappa shape index (κ3) is 3.54. The number of hydrogen-bond acceptors (Lipinski definition) is 5. The first kappa shape index (κ1) is 20.0. The van der Waals surface area contributed by atoms with Gasteiger partial charge in [-0.25, -0.2) is 4.98 Å². The average molecular weight is 491 g/mol. The number of hydrogen-bond donors (Lipinski definition) is 0. The first-order valence-corrected chi connectivity index (χ1v) is 11.1. The molecule has 30 heavy (non-hydrogen) atoms. The van der Waals surface area contributed by atoms with Crippen LogP contribution in [-0.2, 0) is 16.0 Å². The highest BCUT2D eigenvalue weighted by atomic mass is 79.9. The van der Waals surface area contributed by atoms with Gasteiger partial charge >= 0.3 is 0 Å². The van der Waals surface area contributed by atoms with E-state index in [-0.39, 0.29) is 0 Å². The Balaban J connectivity index is 1.51. The summed E-state index contributed by atoms with van der Waals surface area (Å²) in [7, 11) is 1.66. The number of ether oxygens (including phenoxy) is 3. The molecule has 1 aliphatic carbocycles. The molecule has 1 aliphatic heterocycles. The average Bonchev–Trinajstić information content (AvgIpc) is 3.40. The lowest BCUT2D eigenvalue weighted by molar-refractivity contribution is -0.159. The van der Waals surface area contributed by atoms with Crippen LogP contribution in [0.15, 0.2) is 41.0 Å². The topological polar surface area (TPSA) is 58.4 Å². The van der Waals surface area contributed by atoms with Crippen LogP contribution < -0.4 is 4.74 Å². The zero-order chi connectivity index (χ0) is 20.7. The Morgan fingerprint density at radius 2 is 2.00 bits per heavy atom. The molecule has 0 N–H and O–H groups in total. The smallest absolute Gasteiger partial charge is 0.172 e. The maximum atomic E-state index is 6.51. The van der Waals surface area contributed by atoms with Gasteiger partial charge in [0.25, 0.3) is 0 Å². The second-order valence-electron chi connectivity index (χ2n) is 7.52. The number of pyridine rings is 1. The molecule has 2 aliphatic rings. The number of allylic oxidation sites excluding steroid dienone is 1. The molecular formula is C22H21BrClN3O3. The lowest BCUT2D eigenvalue weighted by atomic mass is 9.91. The molecule has 0 amide bonds. The maximum absolute atomic E-state index is 6.51. The monoisotopic (exact) mass is 489 g/mol. The van der Waals surface area contributed by atoms with Gasteiger partial charge in [0.2, 0.25) is 0 Å². The van der Waals surface area contributed by atoms with Gasteiger partial charge in [-0.05, 0) is 45.6 Å². The zero-order valence-electron chi connectivity index (χ0n) is 16.5. The summed E-state index contributed by atoms with van der Waals surface area (Å²) >= 11 is 10.1. The third-order valence-electron chi connectivity index (χ3n) is 5.74. The number of benzene rings is 1. The van der Waals surface area contributed by atoms with Crippen molar-refractivity contribution in [2.75, 3.05) is 20.3 Å². The second-order valence-corrected chi connectivity index (χ2v) is 8.67. The summed E-state index contributed by atoms with van der Waals surface area (Å²) in [4.78, 5) is 4.68. The minimum Gasteiger partial charge on any atom is -0.497 e. The van der Waals surface area contributed by atoms with E-state index in [9.17, 15) is 0 Å². The van der Waals surface area contributed by atoms with Gasteiger partial charge in [0, 0.05) is 18.2 Å². The molecule has 1 saturated heterocycles. The van der Waals surface area contributed by atoms with Gasteiger partial charge in [0.05, 0.1) is 48.7 Å². The number of nitrogens with zero attached hydrogens (tertiary/aromatic N) is 3. The van der Waals surface area contributed by atoms with Crippen molar-refractivity contribution >= 4 is 44.0 Å². The first-order chi connectivity index (χ1) is 14.6. The molecule has 0 bridgehead atoms. The molecule has 1 spiro atoms. The molecule has 1 fully saturated rings. The predicted octanol–water partition coefficient (Wildman–Crippen LogP) is 5.21. The Bertz CT molecular complexity index is 1120. The minimum atomic E-state index is -0.458. The first-order valence-electron chi connectivity index (χ1n) is 9.89. The largest absolute Gasteiger partial charge is 0.497 e. The van der Waals surface area contributed by atoms with E-state index in [0.717, 1.165) is 57.2 Å². The van der Waals surface area contributed by atoms with Crippen LogP contribution >= 0.6 is 27.5 Å². The van der Waals surface area contributed by atoms with Gasteiger partial charge in [-0.3, -0.25) is 4.68 Å². The fourth-order valence-corrected chi connectivity index (χ4v) is 4.83. The predicted molar refractivity (Wildman–Crippen MR) is 119 cm³/mol. The Kier molecular flexibility index (Phi) is 5.31. The summed E-state index contributed by atoms with van der Waals surface area (Å²) < 4.78 is 19.6.